The lowest BCUT2D eigenvalue weighted by Crippen LogP contribution is -2.32. The minimum atomic E-state index is -0.177. The van der Waals surface area contributed by atoms with Crippen LogP contribution in [-0.4, -0.2) is 34.4 Å². The van der Waals surface area contributed by atoms with Gasteiger partial charge < -0.3 is 9.63 Å². The number of likely N-dealkylation sites (tertiary alicyclic amines) is 1. The van der Waals surface area contributed by atoms with Crippen molar-refractivity contribution in [3.05, 3.63) is 17.5 Å². The highest BCUT2D eigenvalue weighted by atomic mass is 16.5. The smallest absolute Gasteiger partial charge is 0.139 e. The minimum absolute atomic E-state index is 0.153. The monoisotopic (exact) mass is 266 g/mol. The zero-order valence-corrected chi connectivity index (χ0v) is 12.5. The van der Waals surface area contributed by atoms with Crippen molar-refractivity contribution in [2.75, 3.05) is 13.1 Å². The molecule has 1 saturated heterocycles. The highest BCUT2D eigenvalue weighted by Crippen LogP contribution is 2.29. The molecular formula is C15H26N2O2. The molecule has 0 aromatic carbocycles. The van der Waals surface area contributed by atoms with Gasteiger partial charge in [-0.25, -0.2) is 0 Å². The van der Waals surface area contributed by atoms with Gasteiger partial charge in [0.05, 0.1) is 11.8 Å². The van der Waals surface area contributed by atoms with Crippen LogP contribution in [0.3, 0.4) is 0 Å². The van der Waals surface area contributed by atoms with Gasteiger partial charge in [0.2, 0.25) is 0 Å². The summed E-state index contributed by atoms with van der Waals surface area (Å²) >= 11 is 0. The van der Waals surface area contributed by atoms with Gasteiger partial charge in [0.1, 0.15) is 5.76 Å². The van der Waals surface area contributed by atoms with Gasteiger partial charge in [-0.15, -0.1) is 0 Å². The molecule has 0 unspecified atom stereocenters. The molecule has 2 rings (SSSR count). The second-order valence-corrected chi connectivity index (χ2v) is 6.90. The largest absolute Gasteiger partial charge is 0.393 e. The van der Waals surface area contributed by atoms with Gasteiger partial charge in [0, 0.05) is 31.6 Å². The molecular weight excluding hydrogens is 240 g/mol. The van der Waals surface area contributed by atoms with E-state index in [1.807, 2.05) is 0 Å². The second kappa shape index (κ2) is 5.63. The first-order valence-corrected chi connectivity index (χ1v) is 7.22. The fraction of sp³-hybridized carbons (Fsp3) is 0.800. The zero-order valence-electron chi connectivity index (χ0n) is 12.5. The van der Waals surface area contributed by atoms with Crippen LogP contribution in [0, 0.1) is 5.41 Å². The standard InChI is InChI=1S/C15H26N2O2/c1-11(2)14-7-12(16-19-14)9-17-6-5-13(18)8-15(3,4)10-17/h7,11,13,18H,5-6,8-10H2,1-4H3/t13-/m1/s1. The number of rotatable bonds is 3. The third-order valence-electron chi connectivity index (χ3n) is 3.75. The van der Waals surface area contributed by atoms with Gasteiger partial charge in [-0.3, -0.25) is 4.90 Å². The van der Waals surface area contributed by atoms with E-state index in [-0.39, 0.29) is 11.5 Å². The lowest BCUT2D eigenvalue weighted by atomic mass is 9.87. The van der Waals surface area contributed by atoms with Crippen molar-refractivity contribution in [3.63, 3.8) is 0 Å². The molecule has 1 atom stereocenters. The molecule has 0 radical (unpaired) electrons. The summed E-state index contributed by atoms with van der Waals surface area (Å²) in [6.45, 7) is 11.4. The van der Waals surface area contributed by atoms with Crippen LogP contribution in [0.4, 0.5) is 0 Å². The van der Waals surface area contributed by atoms with Crippen molar-refractivity contribution < 1.29 is 9.63 Å². The Balaban J connectivity index is 2.01. The third kappa shape index (κ3) is 4.05. The second-order valence-electron chi connectivity index (χ2n) is 6.90. The molecule has 2 heterocycles. The van der Waals surface area contributed by atoms with Gasteiger partial charge in [-0.1, -0.05) is 32.9 Å². The molecule has 1 fully saturated rings. The van der Waals surface area contributed by atoms with E-state index < -0.39 is 0 Å². The van der Waals surface area contributed by atoms with Crippen LogP contribution < -0.4 is 0 Å². The summed E-state index contributed by atoms with van der Waals surface area (Å²) in [5, 5.41) is 14.1. The molecule has 1 aromatic rings. The van der Waals surface area contributed by atoms with E-state index >= 15 is 0 Å². The quantitative estimate of drug-likeness (QED) is 0.914. The highest BCUT2D eigenvalue weighted by molar-refractivity contribution is 5.08. The Morgan fingerprint density at radius 1 is 1.53 bits per heavy atom. The molecule has 0 bridgehead atoms. The predicted octanol–water partition coefficient (Wildman–Crippen LogP) is 2.78. The molecule has 19 heavy (non-hydrogen) atoms. The molecule has 0 saturated carbocycles. The van der Waals surface area contributed by atoms with Gasteiger partial charge in [-0.05, 0) is 18.3 Å². The zero-order chi connectivity index (χ0) is 14.0. The first-order chi connectivity index (χ1) is 8.85. The summed E-state index contributed by atoms with van der Waals surface area (Å²) in [7, 11) is 0. The predicted molar refractivity (Wildman–Crippen MR) is 74.9 cm³/mol. The van der Waals surface area contributed by atoms with Crippen LogP contribution in [-0.2, 0) is 6.54 Å². The molecule has 4 heteroatoms. The van der Waals surface area contributed by atoms with Crippen LogP contribution in [0.25, 0.3) is 0 Å². The van der Waals surface area contributed by atoms with Crippen molar-refractivity contribution >= 4 is 0 Å². The van der Waals surface area contributed by atoms with Crippen molar-refractivity contribution in [2.24, 2.45) is 5.41 Å². The minimum Gasteiger partial charge on any atom is -0.393 e. The Bertz CT molecular complexity index is 412. The van der Waals surface area contributed by atoms with Gasteiger partial charge in [-0.2, -0.15) is 0 Å². The maximum atomic E-state index is 9.92. The first kappa shape index (κ1) is 14.5. The lowest BCUT2D eigenvalue weighted by Gasteiger charge is -2.29. The molecule has 0 aliphatic carbocycles. The van der Waals surface area contributed by atoms with Crippen LogP contribution in [0.1, 0.15) is 57.9 Å². The highest BCUT2D eigenvalue weighted by Gasteiger charge is 2.29. The van der Waals surface area contributed by atoms with Crippen molar-refractivity contribution in [2.45, 2.75) is 59.1 Å². The summed E-state index contributed by atoms with van der Waals surface area (Å²) in [5.41, 5.74) is 1.15. The summed E-state index contributed by atoms with van der Waals surface area (Å²) in [4.78, 5) is 2.37. The Morgan fingerprint density at radius 2 is 2.26 bits per heavy atom. The Hall–Kier alpha value is -0.870. The van der Waals surface area contributed by atoms with E-state index in [9.17, 15) is 5.11 Å². The molecule has 0 spiro atoms. The van der Waals surface area contributed by atoms with Gasteiger partial charge >= 0.3 is 0 Å². The molecule has 1 aliphatic rings. The normalized spacial score (nSPS) is 24.6. The Labute approximate surface area is 115 Å². The van der Waals surface area contributed by atoms with Crippen LogP contribution in [0.2, 0.25) is 0 Å². The van der Waals surface area contributed by atoms with Crippen molar-refractivity contribution in [3.8, 4) is 0 Å². The van der Waals surface area contributed by atoms with Gasteiger partial charge in [0.15, 0.2) is 0 Å². The first-order valence-electron chi connectivity index (χ1n) is 7.22. The average molecular weight is 266 g/mol. The van der Waals surface area contributed by atoms with Crippen molar-refractivity contribution in [1.82, 2.24) is 10.1 Å². The summed E-state index contributed by atoms with van der Waals surface area (Å²) < 4.78 is 5.35. The Morgan fingerprint density at radius 3 is 2.89 bits per heavy atom. The van der Waals surface area contributed by atoms with Crippen LogP contribution in [0.15, 0.2) is 10.6 Å². The number of hydrogen-bond donors (Lipinski definition) is 1. The molecule has 1 aliphatic heterocycles. The maximum absolute atomic E-state index is 9.92. The van der Waals surface area contributed by atoms with Gasteiger partial charge in [0.25, 0.3) is 0 Å². The van der Waals surface area contributed by atoms with E-state index in [1.165, 1.54) is 0 Å². The van der Waals surface area contributed by atoms with Crippen molar-refractivity contribution in [1.29, 1.82) is 0 Å². The van der Waals surface area contributed by atoms with E-state index in [0.29, 0.717) is 5.92 Å². The third-order valence-corrected chi connectivity index (χ3v) is 3.75. The SMILES string of the molecule is CC(C)c1cc(CN2CC[C@@H](O)CC(C)(C)C2)no1. The van der Waals surface area contributed by atoms with E-state index in [1.54, 1.807) is 0 Å². The number of aliphatic hydroxyl groups excluding tert-OH is 1. The van der Waals surface area contributed by atoms with E-state index in [2.05, 4.69) is 43.8 Å². The molecule has 1 N–H and O–H groups in total. The van der Waals surface area contributed by atoms with E-state index in [0.717, 1.165) is 43.9 Å². The lowest BCUT2D eigenvalue weighted by molar-refractivity contribution is 0.121. The molecule has 108 valence electrons. The molecule has 4 nitrogen and oxygen atoms in total. The Kier molecular flexibility index (Phi) is 4.31. The number of hydrogen-bond acceptors (Lipinski definition) is 4. The number of aliphatic hydroxyl groups is 1. The summed E-state index contributed by atoms with van der Waals surface area (Å²) in [6.07, 6.45) is 1.54. The number of aromatic nitrogens is 1. The fourth-order valence-electron chi connectivity index (χ4n) is 2.86. The maximum Gasteiger partial charge on any atom is 0.139 e. The fourth-order valence-corrected chi connectivity index (χ4v) is 2.86. The van der Waals surface area contributed by atoms with Crippen LogP contribution >= 0.6 is 0 Å². The number of nitrogens with zero attached hydrogens (tertiary/aromatic N) is 2. The average Bonchev–Trinajstić information content (AvgIpc) is 2.68. The topological polar surface area (TPSA) is 49.5 Å². The molecule has 0 amide bonds. The van der Waals surface area contributed by atoms with Crippen LogP contribution in [0.5, 0.6) is 0 Å². The summed E-state index contributed by atoms with van der Waals surface area (Å²) in [6, 6.07) is 2.05. The molecule has 1 aromatic heterocycles. The summed E-state index contributed by atoms with van der Waals surface area (Å²) in [5.74, 6) is 1.33. The van der Waals surface area contributed by atoms with E-state index in [4.69, 9.17) is 4.52 Å².